The van der Waals surface area contributed by atoms with Crippen LogP contribution in [0.15, 0.2) is 47.6 Å². The molecule has 0 amide bonds. The Balaban J connectivity index is 2.32. The van der Waals surface area contributed by atoms with Crippen molar-refractivity contribution in [1.82, 2.24) is 0 Å². The average Bonchev–Trinajstić information content (AvgIpc) is 2.85. The molecule has 1 heterocycles. The average molecular weight is 330 g/mol. The number of carbonyl (C=O) groups excluding carboxylic acids is 2. The Morgan fingerprint density at radius 2 is 2.12 bits per heavy atom. The molecule has 1 saturated carbocycles. The topological polar surface area (TPSA) is 52.6 Å². The molecular formula is C20H26O4. The number of hydrogen-bond acceptors (Lipinski definition) is 4. The van der Waals surface area contributed by atoms with Crippen molar-refractivity contribution in [1.29, 1.82) is 0 Å². The van der Waals surface area contributed by atoms with Crippen molar-refractivity contribution in [3.05, 3.63) is 47.6 Å². The molecule has 0 bridgehead atoms. The number of ether oxygens (including phenoxy) is 2. The Morgan fingerprint density at radius 3 is 2.67 bits per heavy atom. The molecule has 1 aliphatic carbocycles. The van der Waals surface area contributed by atoms with Crippen molar-refractivity contribution in [3.8, 4) is 0 Å². The summed E-state index contributed by atoms with van der Waals surface area (Å²) in [6, 6.07) is 0. The maximum atomic E-state index is 12.0. The van der Waals surface area contributed by atoms with Gasteiger partial charge in [-0.25, -0.2) is 9.59 Å². The van der Waals surface area contributed by atoms with Crippen LogP contribution in [-0.4, -0.2) is 24.6 Å². The molecule has 0 spiro atoms. The molecule has 4 nitrogen and oxygen atoms in total. The second kappa shape index (κ2) is 6.80. The number of fused-ring (bicyclic) bond motifs is 1. The van der Waals surface area contributed by atoms with Crippen LogP contribution >= 0.6 is 0 Å². The first-order valence-corrected chi connectivity index (χ1v) is 8.27. The van der Waals surface area contributed by atoms with Gasteiger partial charge in [0, 0.05) is 22.5 Å². The lowest BCUT2D eigenvalue weighted by Gasteiger charge is -2.45. The number of carbonyl (C=O) groups is 2. The molecule has 2 rings (SSSR count). The fourth-order valence-electron chi connectivity index (χ4n) is 3.67. The first-order chi connectivity index (χ1) is 11.3. The molecule has 0 aromatic carbocycles. The van der Waals surface area contributed by atoms with Crippen LogP contribution in [0.4, 0.5) is 0 Å². The molecular weight excluding hydrogens is 304 g/mol. The molecule has 0 aromatic rings. The molecule has 2 aliphatic rings. The highest BCUT2D eigenvalue weighted by molar-refractivity contribution is 5.92. The zero-order valence-electron chi connectivity index (χ0n) is 15.0. The minimum absolute atomic E-state index is 0.140. The molecule has 130 valence electrons. The van der Waals surface area contributed by atoms with Crippen LogP contribution in [-0.2, 0) is 19.1 Å². The van der Waals surface area contributed by atoms with Gasteiger partial charge in [-0.1, -0.05) is 24.3 Å². The van der Waals surface area contributed by atoms with Crippen molar-refractivity contribution in [2.45, 2.75) is 46.6 Å². The van der Waals surface area contributed by atoms with Crippen LogP contribution in [0.1, 0.15) is 40.5 Å². The van der Waals surface area contributed by atoms with E-state index in [2.05, 4.69) is 13.2 Å². The van der Waals surface area contributed by atoms with Crippen molar-refractivity contribution in [2.24, 2.45) is 11.3 Å². The van der Waals surface area contributed by atoms with Gasteiger partial charge in [0.15, 0.2) is 0 Å². The zero-order chi connectivity index (χ0) is 18.1. The number of rotatable bonds is 5. The molecule has 0 aromatic heterocycles. The molecule has 0 N–H and O–H groups in total. The normalized spacial score (nSPS) is 29.8. The summed E-state index contributed by atoms with van der Waals surface area (Å²) >= 11 is 0. The highest BCUT2D eigenvalue weighted by Crippen LogP contribution is 2.51. The van der Waals surface area contributed by atoms with Gasteiger partial charge >= 0.3 is 11.9 Å². The first-order valence-electron chi connectivity index (χ1n) is 8.27. The van der Waals surface area contributed by atoms with Gasteiger partial charge in [-0.05, 0) is 46.1 Å². The van der Waals surface area contributed by atoms with Gasteiger partial charge in [0.25, 0.3) is 0 Å². The van der Waals surface area contributed by atoms with E-state index in [-0.39, 0.29) is 30.6 Å². The molecule has 24 heavy (non-hydrogen) atoms. The minimum atomic E-state index is -0.478. The summed E-state index contributed by atoms with van der Waals surface area (Å²) in [7, 11) is 0. The Hall–Kier alpha value is -2.10. The molecule has 4 heteroatoms. The van der Waals surface area contributed by atoms with Gasteiger partial charge in [-0.15, -0.1) is 6.58 Å². The van der Waals surface area contributed by atoms with Gasteiger partial charge in [0.2, 0.25) is 0 Å². The maximum Gasteiger partial charge on any atom is 0.334 e. The van der Waals surface area contributed by atoms with Crippen molar-refractivity contribution >= 4 is 11.9 Å². The zero-order valence-corrected chi connectivity index (χ0v) is 15.0. The van der Waals surface area contributed by atoms with Crippen LogP contribution in [0.2, 0.25) is 0 Å². The molecule has 1 unspecified atom stereocenters. The molecule has 0 saturated heterocycles. The van der Waals surface area contributed by atoms with E-state index in [1.807, 2.05) is 19.9 Å². The second-order valence-corrected chi connectivity index (χ2v) is 6.79. The van der Waals surface area contributed by atoms with Gasteiger partial charge in [-0.3, -0.25) is 0 Å². The van der Waals surface area contributed by atoms with E-state index >= 15 is 0 Å². The van der Waals surface area contributed by atoms with Gasteiger partial charge in [0.05, 0.1) is 0 Å². The third kappa shape index (κ3) is 2.97. The number of allylic oxidation sites excluding steroid dienone is 1. The summed E-state index contributed by atoms with van der Waals surface area (Å²) in [5.41, 5.74) is 2.74. The summed E-state index contributed by atoms with van der Waals surface area (Å²) in [4.78, 5) is 24.0. The van der Waals surface area contributed by atoms with E-state index in [4.69, 9.17) is 9.47 Å². The lowest BCUT2D eigenvalue weighted by Crippen LogP contribution is -2.46. The van der Waals surface area contributed by atoms with E-state index in [0.29, 0.717) is 11.1 Å². The van der Waals surface area contributed by atoms with Crippen LogP contribution in [0.5, 0.6) is 0 Å². The Labute approximate surface area is 143 Å². The third-order valence-electron chi connectivity index (χ3n) is 5.31. The first kappa shape index (κ1) is 18.2. The Bertz CT molecular complexity index is 653. The van der Waals surface area contributed by atoms with Crippen molar-refractivity contribution in [2.75, 3.05) is 6.61 Å². The van der Waals surface area contributed by atoms with E-state index in [1.165, 1.54) is 0 Å². The lowest BCUT2D eigenvalue weighted by atomic mass is 9.61. The Kier molecular flexibility index (Phi) is 5.16. The summed E-state index contributed by atoms with van der Waals surface area (Å²) in [6.07, 6.45) is 4.71. The van der Waals surface area contributed by atoms with Crippen LogP contribution in [0.3, 0.4) is 0 Å². The summed E-state index contributed by atoms with van der Waals surface area (Å²) in [5.74, 6) is -0.734. The number of esters is 2. The largest absolute Gasteiger partial charge is 0.461 e. The predicted molar refractivity (Wildman–Crippen MR) is 93.1 cm³/mol. The standard InChI is InChI=1S/C20H26O4/c1-7-13(5)18(21)23-11-20(8-2)10-9-15-14(6)19(22)24-17(15)16(20)12(3)4/h7-8,16-17H,2-3,9-11H2,1,4-6H3/b13-7-/t16-,17?,20-/m1/s1. The van der Waals surface area contributed by atoms with Crippen LogP contribution in [0.25, 0.3) is 0 Å². The highest BCUT2D eigenvalue weighted by Gasteiger charge is 2.51. The van der Waals surface area contributed by atoms with Crippen molar-refractivity contribution in [3.63, 3.8) is 0 Å². The molecule has 1 aliphatic heterocycles. The van der Waals surface area contributed by atoms with E-state index in [9.17, 15) is 9.59 Å². The van der Waals surface area contributed by atoms with Crippen LogP contribution < -0.4 is 0 Å². The molecule has 1 fully saturated rings. The minimum Gasteiger partial charge on any atom is -0.461 e. The lowest BCUT2D eigenvalue weighted by molar-refractivity contribution is -0.149. The van der Waals surface area contributed by atoms with Crippen molar-refractivity contribution < 1.29 is 19.1 Å². The smallest absolute Gasteiger partial charge is 0.334 e. The highest BCUT2D eigenvalue weighted by atomic mass is 16.6. The van der Waals surface area contributed by atoms with E-state index in [1.54, 1.807) is 19.9 Å². The summed E-state index contributed by atoms with van der Waals surface area (Å²) in [6.45, 7) is 15.5. The Morgan fingerprint density at radius 1 is 1.46 bits per heavy atom. The SMILES string of the molecule is C=C[C@]1(COC(=O)/C(C)=C\C)CCC2=C(C)C(=O)OC2[C@H]1C(=C)C. The number of hydrogen-bond donors (Lipinski definition) is 0. The quantitative estimate of drug-likeness (QED) is 0.436. The summed E-state index contributed by atoms with van der Waals surface area (Å²) < 4.78 is 11.1. The monoisotopic (exact) mass is 330 g/mol. The van der Waals surface area contributed by atoms with Gasteiger partial charge in [0.1, 0.15) is 12.7 Å². The fourth-order valence-corrected chi connectivity index (χ4v) is 3.67. The second-order valence-electron chi connectivity index (χ2n) is 6.79. The molecule has 0 radical (unpaired) electrons. The predicted octanol–water partition coefficient (Wildman–Crippen LogP) is 3.90. The summed E-state index contributed by atoms with van der Waals surface area (Å²) in [5, 5.41) is 0. The van der Waals surface area contributed by atoms with Gasteiger partial charge in [-0.2, -0.15) is 0 Å². The van der Waals surface area contributed by atoms with E-state index in [0.717, 1.165) is 24.0 Å². The third-order valence-corrected chi connectivity index (χ3v) is 5.31. The van der Waals surface area contributed by atoms with Gasteiger partial charge < -0.3 is 9.47 Å². The molecule has 3 atom stereocenters. The fraction of sp³-hybridized carbons (Fsp3) is 0.500. The van der Waals surface area contributed by atoms with Crippen LogP contribution in [0, 0.1) is 11.3 Å². The van der Waals surface area contributed by atoms with E-state index < -0.39 is 5.41 Å². The maximum absolute atomic E-state index is 12.0.